The predicted octanol–water partition coefficient (Wildman–Crippen LogP) is 2.31. The summed E-state index contributed by atoms with van der Waals surface area (Å²) in [4.78, 5) is 35.4. The van der Waals surface area contributed by atoms with Gasteiger partial charge in [0.2, 0.25) is 0 Å². The van der Waals surface area contributed by atoms with E-state index in [2.05, 4.69) is 34.8 Å². The lowest BCUT2D eigenvalue weighted by Gasteiger charge is -2.12. The van der Waals surface area contributed by atoms with E-state index >= 15 is 0 Å². The van der Waals surface area contributed by atoms with Crippen molar-refractivity contribution in [2.75, 3.05) is 13.7 Å². The number of esters is 1. The molecule has 30 heavy (non-hydrogen) atoms. The molecule has 8 nitrogen and oxygen atoms in total. The Bertz CT molecular complexity index is 911. The van der Waals surface area contributed by atoms with Gasteiger partial charge in [0.1, 0.15) is 5.75 Å². The molecule has 158 valence electrons. The molecular weight excluding hydrogens is 406 g/mol. The van der Waals surface area contributed by atoms with E-state index in [4.69, 9.17) is 17.0 Å². The quantitative estimate of drug-likeness (QED) is 0.368. The van der Waals surface area contributed by atoms with E-state index in [1.165, 1.54) is 36.9 Å². The normalized spacial score (nSPS) is 10.1. The Hall–Kier alpha value is -3.46. The first kappa shape index (κ1) is 22.8. The van der Waals surface area contributed by atoms with E-state index in [9.17, 15) is 14.4 Å². The van der Waals surface area contributed by atoms with Gasteiger partial charge in [-0.15, -0.1) is 0 Å². The molecule has 9 heteroatoms. The van der Waals surface area contributed by atoms with Crippen molar-refractivity contribution in [2.45, 2.75) is 19.8 Å². The molecule has 0 saturated carbocycles. The van der Waals surface area contributed by atoms with E-state index in [1.54, 1.807) is 12.1 Å². The van der Waals surface area contributed by atoms with Crippen LogP contribution >= 0.6 is 12.2 Å². The molecule has 0 unspecified atom stereocenters. The first-order valence-electron chi connectivity index (χ1n) is 9.11. The maximum absolute atomic E-state index is 12.1. The van der Waals surface area contributed by atoms with Gasteiger partial charge < -0.3 is 9.47 Å². The average molecular weight is 429 g/mol. The minimum Gasteiger partial charge on any atom is -0.484 e. The molecule has 0 heterocycles. The lowest BCUT2D eigenvalue weighted by molar-refractivity contribution is -0.123. The lowest BCUT2D eigenvalue weighted by atomic mass is 10.0. The third-order valence-electron chi connectivity index (χ3n) is 4.03. The summed E-state index contributed by atoms with van der Waals surface area (Å²) in [6.45, 7) is 3.96. The van der Waals surface area contributed by atoms with Gasteiger partial charge in [0.15, 0.2) is 11.7 Å². The molecule has 2 aromatic rings. The van der Waals surface area contributed by atoms with Crippen molar-refractivity contribution >= 4 is 35.1 Å². The standard InChI is InChI=1S/C21H23N3O5S/c1-13(2)14-8-10-17(11-9-14)29-12-18(25)23-24-21(30)22-19(26)15-4-6-16(7-5-15)20(27)28-3/h4-11,13H,12H2,1-3H3,(H,23,25)(H2,22,24,26,30). The molecule has 0 saturated heterocycles. The second-order valence-corrected chi connectivity index (χ2v) is 6.95. The molecule has 0 aliphatic heterocycles. The van der Waals surface area contributed by atoms with Crippen LogP contribution in [0.25, 0.3) is 0 Å². The van der Waals surface area contributed by atoms with E-state index in [0.29, 0.717) is 17.2 Å². The van der Waals surface area contributed by atoms with Gasteiger partial charge in [-0.2, -0.15) is 0 Å². The molecule has 2 amide bonds. The van der Waals surface area contributed by atoms with Crippen LogP contribution in [-0.2, 0) is 9.53 Å². The van der Waals surface area contributed by atoms with Gasteiger partial charge in [-0.1, -0.05) is 26.0 Å². The SMILES string of the molecule is COC(=O)c1ccc(C(=O)NC(=S)NNC(=O)COc2ccc(C(C)C)cc2)cc1. The zero-order chi connectivity index (χ0) is 22.1. The van der Waals surface area contributed by atoms with Crippen molar-refractivity contribution in [3.63, 3.8) is 0 Å². The van der Waals surface area contributed by atoms with Gasteiger partial charge in [0.25, 0.3) is 11.8 Å². The fraction of sp³-hybridized carbons (Fsp3) is 0.238. The molecule has 2 rings (SSSR count). The van der Waals surface area contributed by atoms with Gasteiger partial charge in [0.05, 0.1) is 12.7 Å². The molecule has 3 N–H and O–H groups in total. The number of hydrogen-bond acceptors (Lipinski definition) is 6. The number of benzene rings is 2. The largest absolute Gasteiger partial charge is 0.484 e. The summed E-state index contributed by atoms with van der Waals surface area (Å²) < 4.78 is 10.0. The number of amides is 2. The number of carbonyl (C=O) groups excluding carboxylic acids is 3. The highest BCUT2D eigenvalue weighted by molar-refractivity contribution is 7.80. The third-order valence-corrected chi connectivity index (χ3v) is 4.23. The topological polar surface area (TPSA) is 106 Å². The molecule has 0 aliphatic rings. The Morgan fingerprint density at radius 2 is 1.53 bits per heavy atom. The molecule has 0 aromatic heterocycles. The van der Waals surface area contributed by atoms with Crippen LogP contribution in [0.2, 0.25) is 0 Å². The smallest absolute Gasteiger partial charge is 0.337 e. The Morgan fingerprint density at radius 3 is 2.10 bits per heavy atom. The molecule has 0 radical (unpaired) electrons. The fourth-order valence-corrected chi connectivity index (χ4v) is 2.49. The fourth-order valence-electron chi connectivity index (χ4n) is 2.34. The number of hydrazine groups is 1. The van der Waals surface area contributed by atoms with Crippen molar-refractivity contribution in [1.29, 1.82) is 0 Å². The monoisotopic (exact) mass is 429 g/mol. The van der Waals surface area contributed by atoms with Gasteiger partial charge in [0, 0.05) is 5.56 Å². The van der Waals surface area contributed by atoms with E-state index < -0.39 is 17.8 Å². The molecule has 0 bridgehead atoms. The Kier molecular flexibility index (Phi) is 8.30. The second kappa shape index (κ2) is 10.9. The van der Waals surface area contributed by atoms with Crippen LogP contribution in [0.4, 0.5) is 0 Å². The van der Waals surface area contributed by atoms with E-state index in [-0.39, 0.29) is 17.3 Å². The summed E-state index contributed by atoms with van der Waals surface area (Å²) in [5.41, 5.74) is 6.55. The number of hydrogen-bond donors (Lipinski definition) is 3. The van der Waals surface area contributed by atoms with Crippen molar-refractivity contribution in [1.82, 2.24) is 16.2 Å². The summed E-state index contributed by atoms with van der Waals surface area (Å²) in [6.07, 6.45) is 0. The van der Waals surface area contributed by atoms with Crippen LogP contribution in [0.3, 0.4) is 0 Å². The highest BCUT2D eigenvalue weighted by Crippen LogP contribution is 2.18. The molecule has 0 atom stereocenters. The number of methoxy groups -OCH3 is 1. The second-order valence-electron chi connectivity index (χ2n) is 6.54. The van der Waals surface area contributed by atoms with Gasteiger partial charge in [-0.05, 0) is 60.1 Å². The summed E-state index contributed by atoms with van der Waals surface area (Å²) in [5, 5.41) is 2.32. The number of thiocarbonyl (C=S) groups is 1. The van der Waals surface area contributed by atoms with Gasteiger partial charge in [-0.25, -0.2) is 4.79 Å². The third kappa shape index (κ3) is 6.85. The molecule has 0 fully saturated rings. The van der Waals surface area contributed by atoms with Crippen LogP contribution in [0.15, 0.2) is 48.5 Å². The summed E-state index contributed by atoms with van der Waals surface area (Å²) in [5.74, 6) is -0.490. The molecule has 0 spiro atoms. The Morgan fingerprint density at radius 1 is 0.933 bits per heavy atom. The minimum absolute atomic E-state index is 0.0910. The Balaban J connectivity index is 1.74. The zero-order valence-corrected chi connectivity index (χ0v) is 17.7. The molecule has 2 aromatic carbocycles. The molecular formula is C21H23N3O5S. The van der Waals surface area contributed by atoms with Gasteiger partial charge in [-0.3, -0.25) is 25.8 Å². The first-order chi connectivity index (χ1) is 14.3. The number of rotatable bonds is 6. The van der Waals surface area contributed by atoms with Crippen LogP contribution in [0.1, 0.15) is 46.0 Å². The van der Waals surface area contributed by atoms with E-state index in [1.807, 2.05) is 12.1 Å². The van der Waals surface area contributed by atoms with Crippen molar-refractivity contribution < 1.29 is 23.9 Å². The van der Waals surface area contributed by atoms with Crippen LogP contribution in [0.5, 0.6) is 5.75 Å². The average Bonchev–Trinajstić information content (AvgIpc) is 2.76. The van der Waals surface area contributed by atoms with Crippen LogP contribution < -0.4 is 20.9 Å². The summed E-state index contributed by atoms with van der Waals surface area (Å²) in [7, 11) is 1.27. The summed E-state index contributed by atoms with van der Waals surface area (Å²) in [6, 6.07) is 13.3. The minimum atomic E-state index is -0.500. The number of nitrogens with one attached hydrogen (secondary N) is 3. The van der Waals surface area contributed by atoms with Crippen molar-refractivity contribution in [3.05, 3.63) is 65.2 Å². The van der Waals surface area contributed by atoms with Crippen LogP contribution in [0, 0.1) is 0 Å². The number of ether oxygens (including phenoxy) is 2. The van der Waals surface area contributed by atoms with Crippen molar-refractivity contribution in [3.8, 4) is 5.75 Å². The summed E-state index contributed by atoms with van der Waals surface area (Å²) >= 11 is 4.98. The Labute approximate surface area is 179 Å². The highest BCUT2D eigenvalue weighted by atomic mass is 32.1. The van der Waals surface area contributed by atoms with E-state index in [0.717, 1.165) is 0 Å². The predicted molar refractivity (Wildman–Crippen MR) is 115 cm³/mol. The lowest BCUT2D eigenvalue weighted by Crippen LogP contribution is -2.49. The van der Waals surface area contributed by atoms with Gasteiger partial charge >= 0.3 is 5.97 Å². The molecule has 0 aliphatic carbocycles. The first-order valence-corrected chi connectivity index (χ1v) is 9.52. The van der Waals surface area contributed by atoms with Crippen LogP contribution in [-0.4, -0.2) is 36.6 Å². The van der Waals surface area contributed by atoms with Crippen molar-refractivity contribution in [2.24, 2.45) is 0 Å². The maximum atomic E-state index is 12.1. The maximum Gasteiger partial charge on any atom is 0.337 e. The highest BCUT2D eigenvalue weighted by Gasteiger charge is 2.11. The zero-order valence-electron chi connectivity index (χ0n) is 16.9. The number of carbonyl (C=O) groups is 3.